The third-order valence-corrected chi connectivity index (χ3v) is 6.52. The van der Waals surface area contributed by atoms with Crippen molar-refractivity contribution in [2.75, 3.05) is 26.3 Å². The number of benzene rings is 1. The van der Waals surface area contributed by atoms with E-state index >= 15 is 0 Å². The molecule has 0 spiro atoms. The van der Waals surface area contributed by atoms with E-state index in [0.717, 1.165) is 10.6 Å². The number of hydrogen-bond acceptors (Lipinski definition) is 5. The van der Waals surface area contributed by atoms with Crippen LogP contribution >= 0.6 is 11.3 Å². The quantitative estimate of drug-likeness (QED) is 0.874. The van der Waals surface area contributed by atoms with Crippen molar-refractivity contribution in [1.82, 2.24) is 9.88 Å². The van der Waals surface area contributed by atoms with E-state index in [9.17, 15) is 14.7 Å². The smallest absolute Gasteiger partial charge is 0.311 e. The largest absolute Gasteiger partial charge is 0.481 e. The Morgan fingerprint density at radius 2 is 2.15 bits per heavy atom. The molecule has 6 nitrogen and oxygen atoms in total. The highest BCUT2D eigenvalue weighted by Crippen LogP contribution is 2.42. The predicted octanol–water partition coefficient (Wildman–Crippen LogP) is 2.61. The van der Waals surface area contributed by atoms with E-state index < -0.39 is 11.4 Å². The zero-order chi connectivity index (χ0) is 19.0. The number of aromatic nitrogens is 1. The summed E-state index contributed by atoms with van der Waals surface area (Å²) in [5.41, 5.74) is 1.89. The number of hydrogen-bond donors (Lipinski definition) is 1. The average Bonchev–Trinajstić information content (AvgIpc) is 3.28. The van der Waals surface area contributed by atoms with Crippen LogP contribution in [0.1, 0.15) is 33.0 Å². The normalized spacial score (nSPS) is 24.6. The van der Waals surface area contributed by atoms with E-state index in [2.05, 4.69) is 29.2 Å². The highest BCUT2D eigenvalue weighted by atomic mass is 32.1. The van der Waals surface area contributed by atoms with Gasteiger partial charge in [0.25, 0.3) is 5.91 Å². The number of aliphatic carboxylic acids is 1. The number of carboxylic acids is 1. The highest BCUT2D eigenvalue weighted by Gasteiger charge is 2.55. The van der Waals surface area contributed by atoms with Gasteiger partial charge in [0.15, 0.2) is 0 Å². The van der Waals surface area contributed by atoms with Gasteiger partial charge in [-0.25, -0.2) is 4.98 Å². The monoisotopic (exact) mass is 386 g/mol. The minimum atomic E-state index is -0.880. The molecular formula is C20H22N2O4S. The van der Waals surface area contributed by atoms with Gasteiger partial charge in [-0.2, -0.15) is 0 Å². The van der Waals surface area contributed by atoms with Gasteiger partial charge in [-0.05, 0) is 18.9 Å². The Balaban J connectivity index is 1.48. The third kappa shape index (κ3) is 3.37. The zero-order valence-corrected chi connectivity index (χ0v) is 16.0. The summed E-state index contributed by atoms with van der Waals surface area (Å²) >= 11 is 1.47. The molecule has 1 aromatic heterocycles. The average molecular weight is 386 g/mol. The molecule has 0 saturated carbocycles. The molecule has 7 heteroatoms. The minimum Gasteiger partial charge on any atom is -0.481 e. The Morgan fingerprint density at radius 3 is 2.85 bits per heavy atom. The molecule has 2 fully saturated rings. The predicted molar refractivity (Wildman–Crippen MR) is 101 cm³/mol. The van der Waals surface area contributed by atoms with Crippen LogP contribution in [0, 0.1) is 18.3 Å². The van der Waals surface area contributed by atoms with Crippen LogP contribution in [0.15, 0.2) is 29.6 Å². The second-order valence-electron chi connectivity index (χ2n) is 7.46. The second kappa shape index (κ2) is 7.05. The molecule has 0 unspecified atom stereocenters. The van der Waals surface area contributed by atoms with Gasteiger partial charge >= 0.3 is 5.97 Å². The van der Waals surface area contributed by atoms with Crippen LogP contribution in [-0.2, 0) is 16.0 Å². The summed E-state index contributed by atoms with van der Waals surface area (Å²) in [5.74, 6) is -1.17. The number of carbonyl (C=O) groups is 2. The van der Waals surface area contributed by atoms with Gasteiger partial charge in [0.05, 0.1) is 17.0 Å². The molecule has 1 amide bonds. The van der Waals surface area contributed by atoms with Crippen LogP contribution < -0.4 is 0 Å². The molecule has 2 atom stereocenters. The molecule has 1 aromatic carbocycles. The van der Waals surface area contributed by atoms with E-state index in [1.54, 1.807) is 10.3 Å². The molecule has 0 radical (unpaired) electrons. The maximum absolute atomic E-state index is 12.9. The van der Waals surface area contributed by atoms with E-state index in [4.69, 9.17) is 4.74 Å². The Labute approximate surface area is 161 Å². The van der Waals surface area contributed by atoms with Gasteiger partial charge in [0, 0.05) is 37.4 Å². The van der Waals surface area contributed by atoms with Crippen molar-refractivity contribution in [3.63, 3.8) is 0 Å². The van der Waals surface area contributed by atoms with E-state index in [1.165, 1.54) is 16.9 Å². The first-order valence-corrected chi connectivity index (χ1v) is 9.96. The summed E-state index contributed by atoms with van der Waals surface area (Å²) in [5, 5.41) is 12.4. The number of nitrogens with zero attached hydrogens (tertiary/aromatic N) is 2. The fourth-order valence-corrected chi connectivity index (χ4v) is 4.79. The maximum atomic E-state index is 12.9. The topological polar surface area (TPSA) is 79.7 Å². The van der Waals surface area contributed by atoms with Crippen LogP contribution in [0.5, 0.6) is 0 Å². The van der Waals surface area contributed by atoms with Crippen molar-refractivity contribution >= 4 is 23.2 Å². The Hall–Kier alpha value is -2.25. The van der Waals surface area contributed by atoms with E-state index in [-0.39, 0.29) is 18.4 Å². The van der Waals surface area contributed by atoms with E-state index in [1.807, 2.05) is 6.92 Å². The number of amides is 1. The van der Waals surface area contributed by atoms with Crippen LogP contribution in [-0.4, -0.2) is 53.2 Å². The van der Waals surface area contributed by atoms with Crippen LogP contribution in [0.3, 0.4) is 0 Å². The highest BCUT2D eigenvalue weighted by molar-refractivity contribution is 7.09. The summed E-state index contributed by atoms with van der Waals surface area (Å²) in [6, 6.07) is 8.27. The van der Waals surface area contributed by atoms with Gasteiger partial charge in [-0.15, -0.1) is 11.3 Å². The van der Waals surface area contributed by atoms with Crippen LogP contribution in [0.25, 0.3) is 0 Å². The lowest BCUT2D eigenvalue weighted by atomic mass is 9.74. The Morgan fingerprint density at radius 1 is 1.37 bits per heavy atom. The molecule has 0 aliphatic carbocycles. The maximum Gasteiger partial charge on any atom is 0.311 e. The van der Waals surface area contributed by atoms with Crippen molar-refractivity contribution in [3.05, 3.63) is 51.5 Å². The van der Waals surface area contributed by atoms with Gasteiger partial charge in [0.2, 0.25) is 0 Å². The first-order valence-electron chi connectivity index (χ1n) is 9.08. The lowest BCUT2D eigenvalue weighted by Gasteiger charge is -2.33. The fraction of sp³-hybridized carbons (Fsp3) is 0.450. The molecule has 3 heterocycles. The molecule has 1 N–H and O–H groups in total. The zero-order valence-electron chi connectivity index (χ0n) is 15.2. The lowest BCUT2D eigenvalue weighted by Crippen LogP contribution is -2.45. The fourth-order valence-electron chi connectivity index (χ4n) is 3.99. The first-order chi connectivity index (χ1) is 13.0. The summed E-state index contributed by atoms with van der Waals surface area (Å²) in [6.07, 6.45) is 1.14. The number of rotatable bonds is 4. The summed E-state index contributed by atoms with van der Waals surface area (Å²) < 4.78 is 5.46. The molecule has 2 aliphatic rings. The lowest BCUT2D eigenvalue weighted by molar-refractivity contribution is -0.157. The first kappa shape index (κ1) is 18.1. The summed E-state index contributed by atoms with van der Waals surface area (Å²) in [4.78, 5) is 30.9. The number of likely N-dealkylation sites (tertiary alicyclic amines) is 1. The third-order valence-electron chi connectivity index (χ3n) is 5.67. The van der Waals surface area contributed by atoms with Gasteiger partial charge < -0.3 is 14.7 Å². The van der Waals surface area contributed by atoms with Gasteiger partial charge in [-0.3, -0.25) is 9.59 Å². The number of aryl methyl sites for hydroxylation is 1. The SMILES string of the molecule is Cc1ccc(Cc2nc(C(=O)N3C[C@H]4COCC[C@@]4(C(=O)O)C3)cs2)cc1. The van der Waals surface area contributed by atoms with E-state index in [0.29, 0.717) is 38.3 Å². The molecule has 0 bridgehead atoms. The number of carboxylic acid groups (broad SMARTS) is 1. The van der Waals surface area contributed by atoms with Gasteiger partial charge in [-0.1, -0.05) is 29.8 Å². The van der Waals surface area contributed by atoms with Gasteiger partial charge in [0.1, 0.15) is 5.69 Å². The number of ether oxygens (including phenoxy) is 1. The standard InChI is InChI=1S/C20H22N2O4S/c1-13-2-4-14(5-3-13)8-17-21-16(11-27-17)18(23)22-9-15-10-26-7-6-20(15,12-22)19(24)25/h2-5,11,15H,6-10,12H2,1H3,(H,24,25)/t15-,20+/m0/s1. The molecule has 2 aliphatic heterocycles. The molecule has 2 saturated heterocycles. The Kier molecular flexibility index (Phi) is 4.74. The van der Waals surface area contributed by atoms with Crippen molar-refractivity contribution < 1.29 is 19.4 Å². The van der Waals surface area contributed by atoms with Crippen molar-refractivity contribution in [3.8, 4) is 0 Å². The Bertz CT molecular complexity index is 863. The molecule has 4 rings (SSSR count). The molecule has 142 valence electrons. The molecule has 2 aromatic rings. The van der Waals surface area contributed by atoms with Crippen LogP contribution in [0.4, 0.5) is 0 Å². The number of fused-ring (bicyclic) bond motifs is 1. The second-order valence-corrected chi connectivity index (χ2v) is 8.40. The summed E-state index contributed by atoms with van der Waals surface area (Å²) in [6.45, 7) is 3.52. The molecular weight excluding hydrogens is 364 g/mol. The van der Waals surface area contributed by atoms with Crippen molar-refractivity contribution in [2.45, 2.75) is 19.8 Å². The summed E-state index contributed by atoms with van der Waals surface area (Å²) in [7, 11) is 0. The molecule has 27 heavy (non-hydrogen) atoms. The van der Waals surface area contributed by atoms with Crippen molar-refractivity contribution in [1.29, 1.82) is 0 Å². The number of carbonyl (C=O) groups excluding carboxylic acids is 1. The minimum absolute atomic E-state index is 0.154. The number of thiazole rings is 1. The van der Waals surface area contributed by atoms with Crippen molar-refractivity contribution in [2.24, 2.45) is 11.3 Å². The van der Waals surface area contributed by atoms with Crippen LogP contribution in [0.2, 0.25) is 0 Å².